The maximum atomic E-state index is 5.64. The quantitative estimate of drug-likeness (QED) is 0.763. The molecule has 0 aromatic heterocycles. The largest absolute Gasteiger partial charge is 0.489 e. The zero-order valence-electron chi connectivity index (χ0n) is 11.3. The summed E-state index contributed by atoms with van der Waals surface area (Å²) in [6.45, 7) is 5.81. The molecular formula is C17H18BrNO. The maximum Gasteiger partial charge on any atom is 0.124 e. The van der Waals surface area contributed by atoms with E-state index in [2.05, 4.69) is 46.0 Å². The van der Waals surface area contributed by atoms with Crippen LogP contribution in [-0.4, -0.2) is 6.61 Å². The number of nitrogens with one attached hydrogen (secondary N) is 1. The summed E-state index contributed by atoms with van der Waals surface area (Å²) in [5.41, 5.74) is 2.41. The van der Waals surface area contributed by atoms with E-state index in [-0.39, 0.29) is 0 Å². The zero-order chi connectivity index (χ0) is 14.2. The van der Waals surface area contributed by atoms with Crippen LogP contribution in [0, 0.1) is 0 Å². The van der Waals surface area contributed by atoms with Gasteiger partial charge < -0.3 is 10.1 Å². The Balaban J connectivity index is 1.92. The van der Waals surface area contributed by atoms with Gasteiger partial charge in [-0.3, -0.25) is 0 Å². The molecule has 0 saturated carbocycles. The van der Waals surface area contributed by atoms with Gasteiger partial charge in [0.2, 0.25) is 0 Å². The first-order chi connectivity index (χ1) is 9.79. The van der Waals surface area contributed by atoms with Gasteiger partial charge in [0.15, 0.2) is 0 Å². The summed E-state index contributed by atoms with van der Waals surface area (Å²) >= 11 is 3.48. The molecule has 0 aliphatic rings. The molecule has 0 saturated heterocycles. The Kier molecular flexibility index (Phi) is 5.84. The average Bonchev–Trinajstić information content (AvgIpc) is 2.46. The SMILES string of the molecule is C=CCOc1ccccc1CNCc1cccc(Br)c1. The lowest BCUT2D eigenvalue weighted by atomic mass is 10.2. The van der Waals surface area contributed by atoms with Crippen molar-refractivity contribution < 1.29 is 4.74 Å². The molecule has 2 aromatic carbocycles. The summed E-state index contributed by atoms with van der Waals surface area (Å²) in [5, 5.41) is 3.44. The van der Waals surface area contributed by atoms with Crippen molar-refractivity contribution in [1.82, 2.24) is 5.32 Å². The highest BCUT2D eigenvalue weighted by Crippen LogP contribution is 2.18. The number of hydrogen-bond donors (Lipinski definition) is 1. The second-order valence-corrected chi connectivity index (χ2v) is 5.36. The highest BCUT2D eigenvalue weighted by Gasteiger charge is 2.02. The van der Waals surface area contributed by atoms with E-state index < -0.39 is 0 Å². The second kappa shape index (κ2) is 7.88. The molecule has 104 valence electrons. The molecule has 0 bridgehead atoms. The highest BCUT2D eigenvalue weighted by atomic mass is 79.9. The van der Waals surface area contributed by atoms with Gasteiger partial charge in [0, 0.05) is 23.1 Å². The Morgan fingerprint density at radius 2 is 1.95 bits per heavy atom. The standard InChI is InChI=1S/C17H18BrNO/c1-2-10-20-17-9-4-3-7-15(17)13-19-12-14-6-5-8-16(18)11-14/h2-9,11,19H,1,10,12-13H2. The summed E-state index contributed by atoms with van der Waals surface area (Å²) in [6, 6.07) is 16.4. The second-order valence-electron chi connectivity index (χ2n) is 4.44. The van der Waals surface area contributed by atoms with Crippen LogP contribution in [0.5, 0.6) is 5.75 Å². The molecule has 1 N–H and O–H groups in total. The van der Waals surface area contributed by atoms with Crippen LogP contribution >= 0.6 is 15.9 Å². The van der Waals surface area contributed by atoms with Gasteiger partial charge in [-0.25, -0.2) is 0 Å². The minimum atomic E-state index is 0.530. The average molecular weight is 332 g/mol. The summed E-state index contributed by atoms with van der Waals surface area (Å²) in [5.74, 6) is 0.911. The molecule has 3 heteroatoms. The van der Waals surface area contributed by atoms with Crippen molar-refractivity contribution in [2.75, 3.05) is 6.61 Å². The van der Waals surface area contributed by atoms with Gasteiger partial charge in [-0.1, -0.05) is 58.9 Å². The van der Waals surface area contributed by atoms with Crippen LogP contribution in [0.3, 0.4) is 0 Å². The number of benzene rings is 2. The van der Waals surface area contributed by atoms with Crippen molar-refractivity contribution in [3.63, 3.8) is 0 Å². The topological polar surface area (TPSA) is 21.3 Å². The number of halogens is 1. The van der Waals surface area contributed by atoms with Crippen molar-refractivity contribution in [1.29, 1.82) is 0 Å². The number of para-hydroxylation sites is 1. The van der Waals surface area contributed by atoms with E-state index in [0.717, 1.165) is 28.9 Å². The predicted molar refractivity (Wildman–Crippen MR) is 86.8 cm³/mol. The van der Waals surface area contributed by atoms with E-state index in [9.17, 15) is 0 Å². The molecule has 0 radical (unpaired) electrons. The summed E-state index contributed by atoms with van der Waals surface area (Å²) in [4.78, 5) is 0. The maximum absolute atomic E-state index is 5.64. The summed E-state index contributed by atoms with van der Waals surface area (Å²) in [6.07, 6.45) is 1.76. The van der Waals surface area contributed by atoms with Crippen molar-refractivity contribution >= 4 is 15.9 Å². The number of hydrogen-bond acceptors (Lipinski definition) is 2. The van der Waals surface area contributed by atoms with Crippen LogP contribution in [-0.2, 0) is 13.1 Å². The van der Waals surface area contributed by atoms with Gasteiger partial charge in [0.1, 0.15) is 12.4 Å². The lowest BCUT2D eigenvalue weighted by molar-refractivity contribution is 0.358. The first-order valence-electron chi connectivity index (χ1n) is 6.56. The minimum Gasteiger partial charge on any atom is -0.489 e. The van der Waals surface area contributed by atoms with Gasteiger partial charge in [0.25, 0.3) is 0 Å². The van der Waals surface area contributed by atoms with Crippen molar-refractivity contribution in [2.24, 2.45) is 0 Å². The van der Waals surface area contributed by atoms with Crippen LogP contribution in [0.2, 0.25) is 0 Å². The third kappa shape index (κ3) is 4.51. The predicted octanol–water partition coefficient (Wildman–Crippen LogP) is 4.30. The molecule has 2 nitrogen and oxygen atoms in total. The lowest BCUT2D eigenvalue weighted by Crippen LogP contribution is -2.13. The van der Waals surface area contributed by atoms with Crippen LogP contribution in [0.25, 0.3) is 0 Å². The monoisotopic (exact) mass is 331 g/mol. The Labute approximate surface area is 128 Å². The Bertz CT molecular complexity index is 568. The highest BCUT2D eigenvalue weighted by molar-refractivity contribution is 9.10. The summed E-state index contributed by atoms with van der Waals surface area (Å²) < 4.78 is 6.75. The molecule has 0 aliphatic carbocycles. The van der Waals surface area contributed by atoms with Gasteiger partial charge in [-0.15, -0.1) is 0 Å². The van der Waals surface area contributed by atoms with Gasteiger partial charge in [0.05, 0.1) is 0 Å². The summed E-state index contributed by atoms with van der Waals surface area (Å²) in [7, 11) is 0. The van der Waals surface area contributed by atoms with Crippen molar-refractivity contribution in [3.8, 4) is 5.75 Å². The zero-order valence-corrected chi connectivity index (χ0v) is 12.9. The minimum absolute atomic E-state index is 0.530. The van der Waals surface area contributed by atoms with E-state index in [1.54, 1.807) is 6.08 Å². The fourth-order valence-electron chi connectivity index (χ4n) is 1.93. The molecule has 0 amide bonds. The molecule has 0 heterocycles. The van der Waals surface area contributed by atoms with E-state index in [1.807, 2.05) is 30.3 Å². The Hall–Kier alpha value is -1.58. The molecule has 0 spiro atoms. The molecule has 0 aliphatic heterocycles. The fourth-order valence-corrected chi connectivity index (χ4v) is 2.37. The molecule has 0 atom stereocenters. The third-order valence-electron chi connectivity index (χ3n) is 2.86. The van der Waals surface area contributed by atoms with Crippen LogP contribution in [0.1, 0.15) is 11.1 Å². The Morgan fingerprint density at radius 1 is 1.10 bits per heavy atom. The van der Waals surface area contributed by atoms with Gasteiger partial charge in [-0.2, -0.15) is 0 Å². The first kappa shape index (κ1) is 14.8. The number of ether oxygens (including phenoxy) is 1. The normalized spacial score (nSPS) is 10.2. The fraction of sp³-hybridized carbons (Fsp3) is 0.176. The molecule has 2 rings (SSSR count). The lowest BCUT2D eigenvalue weighted by Gasteiger charge is -2.11. The molecule has 20 heavy (non-hydrogen) atoms. The van der Waals surface area contributed by atoms with Crippen LogP contribution in [0.4, 0.5) is 0 Å². The van der Waals surface area contributed by atoms with Gasteiger partial charge in [-0.05, 0) is 23.8 Å². The molecular weight excluding hydrogens is 314 g/mol. The molecule has 0 unspecified atom stereocenters. The van der Waals surface area contributed by atoms with Gasteiger partial charge >= 0.3 is 0 Å². The van der Waals surface area contributed by atoms with Crippen molar-refractivity contribution in [3.05, 3.63) is 76.8 Å². The van der Waals surface area contributed by atoms with Crippen LogP contribution < -0.4 is 10.1 Å². The number of rotatable bonds is 7. The van der Waals surface area contributed by atoms with Crippen molar-refractivity contribution in [2.45, 2.75) is 13.1 Å². The van der Waals surface area contributed by atoms with E-state index in [1.165, 1.54) is 5.56 Å². The van der Waals surface area contributed by atoms with E-state index >= 15 is 0 Å². The first-order valence-corrected chi connectivity index (χ1v) is 7.35. The van der Waals surface area contributed by atoms with Crippen LogP contribution in [0.15, 0.2) is 65.7 Å². The van der Waals surface area contributed by atoms with E-state index in [0.29, 0.717) is 6.61 Å². The molecule has 2 aromatic rings. The third-order valence-corrected chi connectivity index (χ3v) is 3.36. The Morgan fingerprint density at radius 3 is 2.75 bits per heavy atom. The smallest absolute Gasteiger partial charge is 0.124 e. The molecule has 0 fully saturated rings. The van der Waals surface area contributed by atoms with E-state index in [4.69, 9.17) is 4.74 Å².